The fourth-order valence-corrected chi connectivity index (χ4v) is 2.94. The molecule has 1 aromatic rings. The normalized spacial score (nSPS) is 20.2. The fourth-order valence-electron chi connectivity index (χ4n) is 2.94. The summed E-state index contributed by atoms with van der Waals surface area (Å²) in [5.41, 5.74) is 0.0807. The molecule has 0 aromatic carbocycles. The molecule has 0 radical (unpaired) electrons. The highest BCUT2D eigenvalue weighted by Gasteiger charge is 2.22. The number of aromatic carboxylic acids is 1. The van der Waals surface area contributed by atoms with E-state index in [-0.39, 0.29) is 5.69 Å². The van der Waals surface area contributed by atoms with E-state index in [1.54, 1.807) is 6.07 Å². The molecule has 2 aliphatic rings. The average molecular weight is 305 g/mol. The second-order valence-corrected chi connectivity index (χ2v) is 6.12. The Hall–Kier alpha value is -1.89. The largest absolute Gasteiger partial charge is 0.477 e. The van der Waals surface area contributed by atoms with Crippen LogP contribution in [-0.2, 0) is 0 Å². The third-order valence-electron chi connectivity index (χ3n) is 4.43. The average Bonchev–Trinajstić information content (AvgIpc) is 2.56. The second-order valence-electron chi connectivity index (χ2n) is 6.12. The summed E-state index contributed by atoms with van der Waals surface area (Å²) in [6.07, 6.45) is 2.20. The van der Waals surface area contributed by atoms with Crippen LogP contribution in [0.5, 0.6) is 0 Å². The minimum absolute atomic E-state index is 0.0807. The van der Waals surface area contributed by atoms with Crippen molar-refractivity contribution < 1.29 is 9.90 Å². The van der Waals surface area contributed by atoms with E-state index in [0.29, 0.717) is 11.9 Å². The molecule has 0 amide bonds. The van der Waals surface area contributed by atoms with E-state index in [0.717, 1.165) is 57.9 Å². The van der Waals surface area contributed by atoms with Crippen molar-refractivity contribution in [3.8, 4) is 0 Å². The number of piperidine rings is 1. The van der Waals surface area contributed by atoms with E-state index in [4.69, 9.17) is 0 Å². The first-order valence-corrected chi connectivity index (χ1v) is 7.96. The van der Waals surface area contributed by atoms with E-state index in [2.05, 4.69) is 32.0 Å². The molecule has 0 bridgehead atoms. The molecule has 7 nitrogen and oxygen atoms in total. The fraction of sp³-hybridized carbons (Fsp3) is 0.667. The van der Waals surface area contributed by atoms with Gasteiger partial charge in [-0.1, -0.05) is 6.92 Å². The Morgan fingerprint density at radius 2 is 1.86 bits per heavy atom. The van der Waals surface area contributed by atoms with Gasteiger partial charge in [0.2, 0.25) is 5.95 Å². The Labute approximate surface area is 130 Å². The number of anilines is 2. The Balaban J connectivity index is 1.88. The van der Waals surface area contributed by atoms with Crippen molar-refractivity contribution in [1.82, 2.24) is 15.3 Å². The number of carboxylic acids is 1. The summed E-state index contributed by atoms with van der Waals surface area (Å²) in [6.45, 7) is 7.50. The lowest BCUT2D eigenvalue weighted by molar-refractivity contribution is 0.0690. The van der Waals surface area contributed by atoms with Crippen molar-refractivity contribution in [2.45, 2.75) is 19.8 Å². The van der Waals surface area contributed by atoms with Gasteiger partial charge in [-0.15, -0.1) is 0 Å². The van der Waals surface area contributed by atoms with Gasteiger partial charge in [0.25, 0.3) is 0 Å². The van der Waals surface area contributed by atoms with Gasteiger partial charge in [-0.25, -0.2) is 9.78 Å². The molecule has 0 saturated carbocycles. The van der Waals surface area contributed by atoms with Gasteiger partial charge < -0.3 is 20.2 Å². The summed E-state index contributed by atoms with van der Waals surface area (Å²) in [5.74, 6) is 1.000. The first kappa shape index (κ1) is 15.0. The summed E-state index contributed by atoms with van der Waals surface area (Å²) in [4.78, 5) is 24.5. The van der Waals surface area contributed by atoms with Crippen LogP contribution < -0.4 is 15.1 Å². The number of carboxylic acid groups (broad SMARTS) is 1. The zero-order valence-electron chi connectivity index (χ0n) is 13.0. The molecule has 120 valence electrons. The molecule has 3 rings (SSSR count). The van der Waals surface area contributed by atoms with Crippen molar-refractivity contribution in [3.63, 3.8) is 0 Å². The van der Waals surface area contributed by atoms with Crippen molar-refractivity contribution in [1.29, 1.82) is 0 Å². The van der Waals surface area contributed by atoms with Crippen molar-refractivity contribution in [2.24, 2.45) is 5.92 Å². The Morgan fingerprint density at radius 3 is 2.50 bits per heavy atom. The van der Waals surface area contributed by atoms with Gasteiger partial charge in [0.05, 0.1) is 0 Å². The number of hydrogen-bond donors (Lipinski definition) is 2. The first-order chi connectivity index (χ1) is 10.6. The number of rotatable bonds is 3. The predicted octanol–water partition coefficient (Wildman–Crippen LogP) is 0.821. The third kappa shape index (κ3) is 3.30. The quantitative estimate of drug-likeness (QED) is 0.855. The lowest BCUT2D eigenvalue weighted by Crippen LogP contribution is -2.44. The van der Waals surface area contributed by atoms with Crippen LogP contribution in [0.25, 0.3) is 0 Å². The van der Waals surface area contributed by atoms with Crippen LogP contribution in [0.4, 0.5) is 11.8 Å². The predicted molar refractivity (Wildman–Crippen MR) is 84.7 cm³/mol. The van der Waals surface area contributed by atoms with Gasteiger partial charge in [-0.3, -0.25) is 0 Å². The molecule has 22 heavy (non-hydrogen) atoms. The second kappa shape index (κ2) is 6.48. The van der Waals surface area contributed by atoms with Crippen molar-refractivity contribution in [2.75, 3.05) is 49.1 Å². The molecule has 0 aliphatic carbocycles. The van der Waals surface area contributed by atoms with Crippen LogP contribution in [0, 0.1) is 5.92 Å². The third-order valence-corrected chi connectivity index (χ3v) is 4.43. The van der Waals surface area contributed by atoms with Crippen LogP contribution in [0.2, 0.25) is 0 Å². The van der Waals surface area contributed by atoms with Crippen LogP contribution in [-0.4, -0.2) is 60.3 Å². The number of aromatic nitrogens is 2. The van der Waals surface area contributed by atoms with Gasteiger partial charge in [0.15, 0.2) is 5.69 Å². The highest BCUT2D eigenvalue weighted by atomic mass is 16.4. The highest BCUT2D eigenvalue weighted by Crippen LogP contribution is 2.23. The number of carbonyl (C=O) groups is 1. The maximum Gasteiger partial charge on any atom is 0.354 e. The van der Waals surface area contributed by atoms with Crippen LogP contribution in [0.15, 0.2) is 6.07 Å². The van der Waals surface area contributed by atoms with Crippen LogP contribution in [0.1, 0.15) is 30.3 Å². The van der Waals surface area contributed by atoms with Gasteiger partial charge in [-0.05, 0) is 18.8 Å². The van der Waals surface area contributed by atoms with Gasteiger partial charge in [-0.2, -0.15) is 4.98 Å². The number of nitrogens with one attached hydrogen (secondary N) is 1. The summed E-state index contributed by atoms with van der Waals surface area (Å²) >= 11 is 0. The van der Waals surface area contributed by atoms with E-state index >= 15 is 0 Å². The molecule has 2 fully saturated rings. The maximum absolute atomic E-state index is 11.4. The van der Waals surface area contributed by atoms with Crippen LogP contribution in [0.3, 0.4) is 0 Å². The molecule has 0 unspecified atom stereocenters. The minimum atomic E-state index is -0.995. The van der Waals surface area contributed by atoms with Gasteiger partial charge in [0.1, 0.15) is 5.82 Å². The SMILES string of the molecule is CC1CCN(c2nc(C(=O)O)cc(N3CCNCC3)n2)CC1. The first-order valence-electron chi connectivity index (χ1n) is 7.96. The smallest absolute Gasteiger partial charge is 0.354 e. The van der Waals surface area contributed by atoms with Gasteiger partial charge >= 0.3 is 5.97 Å². The molecule has 3 heterocycles. The summed E-state index contributed by atoms with van der Waals surface area (Å²) in [7, 11) is 0. The summed E-state index contributed by atoms with van der Waals surface area (Å²) in [6, 6.07) is 1.59. The van der Waals surface area contributed by atoms with E-state index in [9.17, 15) is 9.90 Å². The molecule has 7 heteroatoms. The Morgan fingerprint density at radius 1 is 1.18 bits per heavy atom. The Bertz CT molecular complexity index is 537. The zero-order valence-corrected chi connectivity index (χ0v) is 13.0. The maximum atomic E-state index is 11.4. The van der Waals surface area contributed by atoms with Crippen molar-refractivity contribution in [3.05, 3.63) is 11.8 Å². The molecule has 2 aliphatic heterocycles. The van der Waals surface area contributed by atoms with E-state index in [1.807, 2.05) is 0 Å². The lowest BCUT2D eigenvalue weighted by Gasteiger charge is -2.32. The lowest BCUT2D eigenvalue weighted by atomic mass is 10.00. The number of nitrogens with zero attached hydrogens (tertiary/aromatic N) is 4. The van der Waals surface area contributed by atoms with Crippen molar-refractivity contribution >= 4 is 17.7 Å². The minimum Gasteiger partial charge on any atom is -0.477 e. The molecule has 0 atom stereocenters. The monoisotopic (exact) mass is 305 g/mol. The van der Waals surface area contributed by atoms with Gasteiger partial charge in [0, 0.05) is 45.3 Å². The molecule has 2 saturated heterocycles. The molecule has 2 N–H and O–H groups in total. The highest BCUT2D eigenvalue weighted by molar-refractivity contribution is 5.86. The molecular weight excluding hydrogens is 282 g/mol. The number of piperazine rings is 1. The summed E-state index contributed by atoms with van der Waals surface area (Å²) in [5, 5.41) is 12.6. The summed E-state index contributed by atoms with van der Waals surface area (Å²) < 4.78 is 0. The molecular formula is C15H23N5O2. The van der Waals surface area contributed by atoms with E-state index < -0.39 is 5.97 Å². The standard InChI is InChI=1S/C15H23N5O2/c1-11-2-6-20(7-3-11)15-17-12(14(21)22)10-13(18-15)19-8-4-16-5-9-19/h10-11,16H,2-9H2,1H3,(H,21,22). The number of hydrogen-bond acceptors (Lipinski definition) is 6. The molecule has 1 aromatic heterocycles. The van der Waals surface area contributed by atoms with E-state index in [1.165, 1.54) is 0 Å². The topological polar surface area (TPSA) is 81.6 Å². The molecule has 0 spiro atoms. The van der Waals surface area contributed by atoms with Crippen LogP contribution >= 0.6 is 0 Å². The zero-order chi connectivity index (χ0) is 15.5. The Kier molecular flexibility index (Phi) is 4.42.